The zero-order chi connectivity index (χ0) is 27.4. The van der Waals surface area contributed by atoms with Crippen LogP contribution in [0.4, 0.5) is 0 Å². The van der Waals surface area contributed by atoms with Gasteiger partial charge in [0.15, 0.2) is 23.0 Å². The minimum Gasteiger partial charge on any atom is -0.493 e. The summed E-state index contributed by atoms with van der Waals surface area (Å²) in [4.78, 5) is 0.155. The third-order valence-electron chi connectivity index (χ3n) is 6.07. The summed E-state index contributed by atoms with van der Waals surface area (Å²) < 4.78 is 61.5. The quantitative estimate of drug-likeness (QED) is 0.274. The molecule has 4 rings (SSSR count). The fraction of sp³-hybridized carbons (Fsp3) is 0.214. The third-order valence-corrected chi connectivity index (χ3v) is 7.71. The Hall–Kier alpha value is -4.31. The topological polar surface area (TPSA) is 94.5 Å². The molecule has 38 heavy (non-hydrogen) atoms. The second kappa shape index (κ2) is 11.0. The van der Waals surface area contributed by atoms with Crippen LogP contribution in [0.25, 0.3) is 22.3 Å². The molecule has 0 radical (unpaired) electrons. The van der Waals surface area contributed by atoms with Gasteiger partial charge in [-0.2, -0.15) is 0 Å². The van der Waals surface area contributed by atoms with Crippen molar-refractivity contribution >= 4 is 10.0 Å². The molecule has 0 bridgehead atoms. The molecule has 0 saturated carbocycles. The number of ether oxygens (including phenoxy) is 6. The van der Waals surface area contributed by atoms with E-state index in [1.54, 1.807) is 67.0 Å². The Kier molecular flexibility index (Phi) is 7.72. The maximum Gasteiger partial charge on any atom is 0.267 e. The Morgan fingerprint density at radius 1 is 0.553 bits per heavy atom. The Labute approximate surface area is 222 Å². The van der Waals surface area contributed by atoms with E-state index in [0.717, 1.165) is 0 Å². The van der Waals surface area contributed by atoms with Crippen molar-refractivity contribution in [3.63, 3.8) is 0 Å². The molecule has 200 valence electrons. The average Bonchev–Trinajstić information content (AvgIpc) is 3.42. The van der Waals surface area contributed by atoms with Crippen molar-refractivity contribution in [1.82, 2.24) is 3.97 Å². The van der Waals surface area contributed by atoms with Crippen LogP contribution < -0.4 is 28.4 Å². The highest BCUT2D eigenvalue weighted by molar-refractivity contribution is 7.90. The lowest BCUT2D eigenvalue weighted by molar-refractivity contribution is 0.324. The van der Waals surface area contributed by atoms with E-state index in [0.29, 0.717) is 56.8 Å². The molecule has 1 aromatic heterocycles. The Bertz CT molecular complexity index is 1410. The first kappa shape index (κ1) is 26.7. The second-order valence-electron chi connectivity index (χ2n) is 8.06. The number of rotatable bonds is 10. The molecule has 0 aliphatic heterocycles. The minimum absolute atomic E-state index is 0.155. The van der Waals surface area contributed by atoms with Gasteiger partial charge < -0.3 is 28.4 Å². The molecule has 0 fully saturated rings. The molecule has 10 heteroatoms. The molecule has 0 aliphatic carbocycles. The SMILES string of the molecule is COc1cc(-c2cn(S(=O)(=O)c3ccccc3)cc2-c2cc(OC)c(OC)c(OC)c2)cc(OC)c1OC. The highest BCUT2D eigenvalue weighted by Crippen LogP contribution is 2.47. The maximum atomic E-state index is 13.6. The van der Waals surface area contributed by atoms with Crippen LogP contribution in [0.1, 0.15) is 0 Å². The molecule has 9 nitrogen and oxygen atoms in total. The van der Waals surface area contributed by atoms with Crippen molar-refractivity contribution in [1.29, 1.82) is 0 Å². The van der Waals surface area contributed by atoms with E-state index in [1.165, 1.54) is 46.6 Å². The largest absolute Gasteiger partial charge is 0.493 e. The molecular weight excluding hydrogens is 510 g/mol. The number of hydrogen-bond acceptors (Lipinski definition) is 8. The van der Waals surface area contributed by atoms with Crippen molar-refractivity contribution in [2.75, 3.05) is 42.7 Å². The molecule has 0 N–H and O–H groups in total. The standard InChI is InChI=1S/C28H29NO8S/c1-32-23-12-18(13-24(33-2)27(23)36-5)21-16-29(38(30,31)20-10-8-7-9-11-20)17-22(21)19-14-25(34-3)28(37-6)26(15-19)35-4/h7-17H,1-6H3. The first-order valence-corrected chi connectivity index (χ1v) is 12.9. The van der Waals surface area contributed by atoms with Gasteiger partial charge in [0.25, 0.3) is 10.0 Å². The van der Waals surface area contributed by atoms with E-state index in [4.69, 9.17) is 28.4 Å². The van der Waals surface area contributed by atoms with Gasteiger partial charge >= 0.3 is 0 Å². The van der Waals surface area contributed by atoms with Gasteiger partial charge in [-0.1, -0.05) is 18.2 Å². The second-order valence-corrected chi connectivity index (χ2v) is 9.90. The van der Waals surface area contributed by atoms with Crippen LogP contribution in [0.5, 0.6) is 34.5 Å². The number of hydrogen-bond donors (Lipinski definition) is 0. The average molecular weight is 540 g/mol. The van der Waals surface area contributed by atoms with Gasteiger partial charge in [0.2, 0.25) is 11.5 Å². The highest BCUT2D eigenvalue weighted by atomic mass is 32.2. The molecule has 0 aliphatic rings. The van der Waals surface area contributed by atoms with Gasteiger partial charge in [-0.05, 0) is 47.5 Å². The van der Waals surface area contributed by atoms with Gasteiger partial charge in [0, 0.05) is 23.5 Å². The van der Waals surface area contributed by atoms with Gasteiger partial charge in [-0.25, -0.2) is 12.4 Å². The summed E-state index contributed by atoms with van der Waals surface area (Å²) in [5, 5.41) is 0. The van der Waals surface area contributed by atoms with Crippen molar-refractivity contribution in [3.05, 3.63) is 67.0 Å². The first-order chi connectivity index (χ1) is 18.3. The third kappa shape index (κ3) is 4.70. The number of aromatic nitrogens is 1. The van der Waals surface area contributed by atoms with E-state index in [9.17, 15) is 8.42 Å². The fourth-order valence-electron chi connectivity index (χ4n) is 4.22. The molecule has 0 atom stereocenters. The van der Waals surface area contributed by atoms with Gasteiger partial charge in [-0.15, -0.1) is 0 Å². The molecule has 4 aromatic rings. The van der Waals surface area contributed by atoms with Crippen LogP contribution in [-0.4, -0.2) is 55.0 Å². The molecule has 0 unspecified atom stereocenters. The molecule has 0 saturated heterocycles. The lowest BCUT2D eigenvalue weighted by Crippen LogP contribution is -2.10. The zero-order valence-electron chi connectivity index (χ0n) is 22.0. The van der Waals surface area contributed by atoms with Crippen LogP contribution in [0, 0.1) is 0 Å². The summed E-state index contributed by atoms with van der Waals surface area (Å²) in [5.41, 5.74) is 2.48. The summed E-state index contributed by atoms with van der Waals surface area (Å²) >= 11 is 0. The normalized spacial score (nSPS) is 11.1. The summed E-state index contributed by atoms with van der Waals surface area (Å²) in [6.45, 7) is 0. The molecule has 0 amide bonds. The minimum atomic E-state index is -3.90. The van der Waals surface area contributed by atoms with Crippen molar-refractivity contribution in [2.24, 2.45) is 0 Å². The zero-order valence-corrected chi connectivity index (χ0v) is 22.8. The molecular formula is C28H29NO8S. The van der Waals surface area contributed by atoms with Crippen LogP contribution >= 0.6 is 0 Å². The van der Waals surface area contributed by atoms with E-state index in [-0.39, 0.29) is 4.90 Å². The van der Waals surface area contributed by atoms with E-state index in [1.807, 2.05) is 0 Å². The highest BCUT2D eigenvalue weighted by Gasteiger charge is 2.24. The monoisotopic (exact) mass is 539 g/mol. The predicted octanol–water partition coefficient (Wildman–Crippen LogP) is 5.11. The molecule has 3 aromatic carbocycles. The fourth-order valence-corrected chi connectivity index (χ4v) is 5.45. The van der Waals surface area contributed by atoms with Gasteiger partial charge in [-0.3, -0.25) is 0 Å². The van der Waals surface area contributed by atoms with Crippen LogP contribution in [0.3, 0.4) is 0 Å². The summed E-state index contributed by atoms with van der Waals surface area (Å²) in [7, 11) is 5.21. The Morgan fingerprint density at radius 2 is 0.921 bits per heavy atom. The Morgan fingerprint density at radius 3 is 1.24 bits per heavy atom. The summed E-state index contributed by atoms with van der Waals surface area (Å²) in [6, 6.07) is 15.3. The van der Waals surface area contributed by atoms with Crippen molar-refractivity contribution in [3.8, 4) is 56.8 Å². The summed E-state index contributed by atoms with van der Waals surface area (Å²) in [5.74, 6) is 2.55. The van der Waals surface area contributed by atoms with E-state index >= 15 is 0 Å². The number of methoxy groups -OCH3 is 6. The molecule has 0 spiro atoms. The van der Waals surface area contributed by atoms with Crippen LogP contribution in [0.15, 0.2) is 71.9 Å². The Balaban J connectivity index is 2.04. The smallest absolute Gasteiger partial charge is 0.267 e. The lowest BCUT2D eigenvalue weighted by atomic mass is 9.97. The predicted molar refractivity (Wildman–Crippen MR) is 144 cm³/mol. The van der Waals surface area contributed by atoms with Gasteiger partial charge in [0.05, 0.1) is 47.6 Å². The number of nitrogens with zero attached hydrogens (tertiary/aromatic N) is 1. The van der Waals surface area contributed by atoms with Crippen molar-refractivity contribution in [2.45, 2.75) is 4.90 Å². The number of benzene rings is 3. The first-order valence-electron chi connectivity index (χ1n) is 11.5. The van der Waals surface area contributed by atoms with E-state index in [2.05, 4.69) is 0 Å². The summed E-state index contributed by atoms with van der Waals surface area (Å²) in [6.07, 6.45) is 3.11. The molecule has 1 heterocycles. The van der Waals surface area contributed by atoms with Crippen molar-refractivity contribution < 1.29 is 36.8 Å². The maximum absolute atomic E-state index is 13.6. The van der Waals surface area contributed by atoms with Gasteiger partial charge in [0.1, 0.15) is 0 Å². The lowest BCUT2D eigenvalue weighted by Gasteiger charge is -2.16. The van der Waals surface area contributed by atoms with Crippen LogP contribution in [-0.2, 0) is 10.0 Å². The van der Waals surface area contributed by atoms with Crippen LogP contribution in [0.2, 0.25) is 0 Å². The van der Waals surface area contributed by atoms with E-state index < -0.39 is 10.0 Å².